The molecule has 1 aliphatic heterocycles. The van der Waals surface area contributed by atoms with Gasteiger partial charge in [0.25, 0.3) is 0 Å². The van der Waals surface area contributed by atoms with Crippen molar-refractivity contribution in [3.05, 3.63) is 23.9 Å². The van der Waals surface area contributed by atoms with E-state index in [0.29, 0.717) is 31.8 Å². The Bertz CT molecular complexity index is 504. The Kier molecular flexibility index (Phi) is 4.55. The molecule has 1 N–H and O–H groups in total. The summed E-state index contributed by atoms with van der Waals surface area (Å²) in [4.78, 5) is 29.9. The number of hydrogen-bond acceptors (Lipinski definition) is 4. The highest BCUT2D eigenvalue weighted by atomic mass is 16.5. The number of carbonyl (C=O) groups is 2. The van der Waals surface area contributed by atoms with Crippen molar-refractivity contribution in [1.82, 2.24) is 15.2 Å². The first-order chi connectivity index (χ1) is 9.63. The van der Waals surface area contributed by atoms with Gasteiger partial charge in [-0.05, 0) is 12.5 Å². The number of nitrogens with zero attached hydrogens (tertiary/aromatic N) is 2. The molecule has 0 saturated carbocycles. The molecule has 2 rings (SSSR count). The summed E-state index contributed by atoms with van der Waals surface area (Å²) in [5, 5.41) is 2.74. The highest BCUT2D eigenvalue weighted by Crippen LogP contribution is 2.13. The molecule has 6 nitrogen and oxygen atoms in total. The van der Waals surface area contributed by atoms with Gasteiger partial charge in [-0.15, -0.1) is 0 Å². The van der Waals surface area contributed by atoms with Crippen LogP contribution in [0.1, 0.15) is 25.5 Å². The maximum atomic E-state index is 12.3. The molecular formula is C14H19N3O3. The monoisotopic (exact) mass is 277 g/mol. The molecule has 0 bridgehead atoms. The van der Waals surface area contributed by atoms with Crippen molar-refractivity contribution in [3.8, 4) is 5.88 Å². The summed E-state index contributed by atoms with van der Waals surface area (Å²) >= 11 is 0. The topological polar surface area (TPSA) is 71.5 Å². The standard InChI is InChI=1S/C14H19N3O3/c1-3-11-14(19)17(8-7-12(18)16-11)9-10-5-4-6-13(15-10)20-2/h4-6,11H,3,7-9H2,1-2H3,(H,16,18). The lowest BCUT2D eigenvalue weighted by Gasteiger charge is -2.23. The SMILES string of the molecule is CCC1NC(=O)CCN(Cc2cccc(OC)n2)C1=O. The molecule has 108 valence electrons. The van der Waals surface area contributed by atoms with Gasteiger partial charge in [0, 0.05) is 19.0 Å². The second-order valence-electron chi connectivity index (χ2n) is 4.71. The molecule has 20 heavy (non-hydrogen) atoms. The van der Waals surface area contributed by atoms with Gasteiger partial charge in [-0.25, -0.2) is 4.98 Å². The van der Waals surface area contributed by atoms with Crippen LogP contribution in [0.4, 0.5) is 0 Å². The largest absolute Gasteiger partial charge is 0.481 e. The molecule has 1 unspecified atom stereocenters. The van der Waals surface area contributed by atoms with Crippen LogP contribution in [-0.4, -0.2) is 41.4 Å². The zero-order valence-corrected chi connectivity index (χ0v) is 11.8. The van der Waals surface area contributed by atoms with Crippen molar-refractivity contribution >= 4 is 11.8 Å². The van der Waals surface area contributed by atoms with Crippen molar-refractivity contribution in [3.63, 3.8) is 0 Å². The summed E-state index contributed by atoms with van der Waals surface area (Å²) in [6.45, 7) is 2.69. The van der Waals surface area contributed by atoms with E-state index in [0.717, 1.165) is 5.69 Å². The molecule has 0 radical (unpaired) electrons. The van der Waals surface area contributed by atoms with E-state index in [4.69, 9.17) is 4.74 Å². The molecule has 0 aliphatic carbocycles. The van der Waals surface area contributed by atoms with Gasteiger partial charge in [-0.3, -0.25) is 9.59 Å². The maximum Gasteiger partial charge on any atom is 0.245 e. The Morgan fingerprint density at radius 2 is 2.25 bits per heavy atom. The molecule has 1 aliphatic rings. The third kappa shape index (κ3) is 3.26. The van der Waals surface area contributed by atoms with Gasteiger partial charge < -0.3 is 15.0 Å². The Morgan fingerprint density at radius 3 is 2.95 bits per heavy atom. The molecular weight excluding hydrogens is 258 g/mol. The molecule has 1 aromatic heterocycles. The number of amides is 2. The van der Waals surface area contributed by atoms with Crippen molar-refractivity contribution in [1.29, 1.82) is 0 Å². The molecule has 1 aromatic rings. The summed E-state index contributed by atoms with van der Waals surface area (Å²) in [7, 11) is 1.55. The predicted octanol–water partition coefficient (Wildman–Crippen LogP) is 0.717. The van der Waals surface area contributed by atoms with Crippen molar-refractivity contribution < 1.29 is 14.3 Å². The Morgan fingerprint density at radius 1 is 1.45 bits per heavy atom. The van der Waals surface area contributed by atoms with E-state index in [-0.39, 0.29) is 11.8 Å². The summed E-state index contributed by atoms with van der Waals surface area (Å²) < 4.78 is 5.07. The Hall–Kier alpha value is -2.11. The Labute approximate surface area is 118 Å². The van der Waals surface area contributed by atoms with Crippen LogP contribution in [0.15, 0.2) is 18.2 Å². The van der Waals surface area contributed by atoms with E-state index < -0.39 is 6.04 Å². The third-order valence-corrected chi connectivity index (χ3v) is 3.31. The molecule has 1 fully saturated rings. The highest BCUT2D eigenvalue weighted by molar-refractivity contribution is 5.89. The van der Waals surface area contributed by atoms with E-state index in [2.05, 4.69) is 10.3 Å². The summed E-state index contributed by atoms with van der Waals surface area (Å²) in [6, 6.07) is 5.00. The summed E-state index contributed by atoms with van der Waals surface area (Å²) in [5.41, 5.74) is 0.752. The number of pyridine rings is 1. The quantitative estimate of drug-likeness (QED) is 0.880. The molecule has 1 atom stereocenters. The van der Waals surface area contributed by atoms with Gasteiger partial charge in [0.15, 0.2) is 0 Å². The lowest BCUT2D eigenvalue weighted by Crippen LogP contribution is -2.44. The molecule has 0 aromatic carbocycles. The number of carbonyl (C=O) groups excluding carboxylic acids is 2. The lowest BCUT2D eigenvalue weighted by atomic mass is 10.2. The van der Waals surface area contributed by atoms with Crippen LogP contribution in [0.25, 0.3) is 0 Å². The number of hydrogen-bond donors (Lipinski definition) is 1. The van der Waals surface area contributed by atoms with Gasteiger partial charge in [0.05, 0.1) is 19.3 Å². The van der Waals surface area contributed by atoms with E-state index in [1.165, 1.54) is 0 Å². The average molecular weight is 277 g/mol. The van der Waals surface area contributed by atoms with Crippen LogP contribution >= 0.6 is 0 Å². The minimum Gasteiger partial charge on any atom is -0.481 e. The van der Waals surface area contributed by atoms with Gasteiger partial charge in [0.1, 0.15) is 6.04 Å². The lowest BCUT2D eigenvalue weighted by molar-refractivity contribution is -0.134. The smallest absolute Gasteiger partial charge is 0.245 e. The normalized spacial score (nSPS) is 19.5. The van der Waals surface area contributed by atoms with E-state index in [1.54, 1.807) is 18.1 Å². The molecule has 2 heterocycles. The number of nitrogens with one attached hydrogen (secondary N) is 1. The average Bonchev–Trinajstić information content (AvgIpc) is 2.60. The zero-order chi connectivity index (χ0) is 14.5. The fourth-order valence-electron chi connectivity index (χ4n) is 2.18. The van der Waals surface area contributed by atoms with Crippen LogP contribution in [0.3, 0.4) is 0 Å². The van der Waals surface area contributed by atoms with Crippen molar-refractivity contribution in [2.75, 3.05) is 13.7 Å². The highest BCUT2D eigenvalue weighted by Gasteiger charge is 2.28. The van der Waals surface area contributed by atoms with Gasteiger partial charge >= 0.3 is 0 Å². The first kappa shape index (κ1) is 14.3. The van der Waals surface area contributed by atoms with Crippen molar-refractivity contribution in [2.24, 2.45) is 0 Å². The van der Waals surface area contributed by atoms with Crippen LogP contribution in [0, 0.1) is 0 Å². The summed E-state index contributed by atoms with van der Waals surface area (Å²) in [6.07, 6.45) is 0.915. The number of rotatable bonds is 4. The van der Waals surface area contributed by atoms with Crippen molar-refractivity contribution in [2.45, 2.75) is 32.4 Å². The fraction of sp³-hybridized carbons (Fsp3) is 0.500. The van der Waals surface area contributed by atoms with Gasteiger partial charge in [0.2, 0.25) is 17.7 Å². The van der Waals surface area contributed by atoms with Gasteiger partial charge in [-0.1, -0.05) is 13.0 Å². The number of ether oxygens (including phenoxy) is 1. The summed E-state index contributed by atoms with van der Waals surface area (Å²) in [5.74, 6) is 0.389. The second-order valence-corrected chi connectivity index (χ2v) is 4.71. The minimum absolute atomic E-state index is 0.0528. The molecule has 0 spiro atoms. The molecule has 1 saturated heterocycles. The van der Waals surface area contributed by atoms with Crippen LogP contribution in [0.2, 0.25) is 0 Å². The van der Waals surface area contributed by atoms with E-state index in [9.17, 15) is 9.59 Å². The number of methoxy groups -OCH3 is 1. The first-order valence-electron chi connectivity index (χ1n) is 6.72. The van der Waals surface area contributed by atoms with Gasteiger partial charge in [-0.2, -0.15) is 0 Å². The Balaban J connectivity index is 2.13. The van der Waals surface area contributed by atoms with Crippen LogP contribution in [-0.2, 0) is 16.1 Å². The molecule has 2 amide bonds. The number of aromatic nitrogens is 1. The predicted molar refractivity (Wildman–Crippen MR) is 73.0 cm³/mol. The van der Waals surface area contributed by atoms with Crippen LogP contribution < -0.4 is 10.1 Å². The van der Waals surface area contributed by atoms with E-state index in [1.807, 2.05) is 19.1 Å². The van der Waals surface area contributed by atoms with Crippen LogP contribution in [0.5, 0.6) is 5.88 Å². The zero-order valence-electron chi connectivity index (χ0n) is 11.8. The molecule has 6 heteroatoms. The first-order valence-corrected chi connectivity index (χ1v) is 6.72. The van der Waals surface area contributed by atoms with E-state index >= 15 is 0 Å². The third-order valence-electron chi connectivity index (χ3n) is 3.31. The fourth-order valence-corrected chi connectivity index (χ4v) is 2.18. The second kappa shape index (κ2) is 6.36. The minimum atomic E-state index is -0.435. The maximum absolute atomic E-state index is 12.3.